The number of rotatable bonds is 4. The van der Waals surface area contributed by atoms with Crippen LogP contribution in [0.2, 0.25) is 0 Å². The van der Waals surface area contributed by atoms with Gasteiger partial charge in [0.25, 0.3) is 5.91 Å². The van der Waals surface area contributed by atoms with E-state index < -0.39 is 5.60 Å². The monoisotopic (exact) mass is 342 g/mol. The van der Waals surface area contributed by atoms with Crippen molar-refractivity contribution >= 4 is 5.91 Å². The number of benzene rings is 1. The zero-order valence-corrected chi connectivity index (χ0v) is 14.5. The highest BCUT2D eigenvalue weighted by Gasteiger charge is 2.35. The van der Waals surface area contributed by atoms with Gasteiger partial charge >= 0.3 is 0 Å². The van der Waals surface area contributed by atoms with Crippen LogP contribution in [0.5, 0.6) is 0 Å². The van der Waals surface area contributed by atoms with E-state index in [0.717, 1.165) is 19.3 Å². The van der Waals surface area contributed by atoms with Gasteiger partial charge in [0.05, 0.1) is 16.9 Å². The molecule has 0 bridgehead atoms. The molecule has 5 heteroatoms. The summed E-state index contributed by atoms with van der Waals surface area (Å²) in [6, 6.07) is 9.70. The lowest BCUT2D eigenvalue weighted by Crippen LogP contribution is -2.35. The van der Waals surface area contributed by atoms with Crippen molar-refractivity contribution in [1.82, 2.24) is 10.3 Å². The molecule has 132 valence electrons. The second-order valence-corrected chi connectivity index (χ2v) is 7.28. The lowest BCUT2D eigenvalue weighted by molar-refractivity contribution is 0.0190. The van der Waals surface area contributed by atoms with Crippen LogP contribution in [0.1, 0.15) is 43.5 Å². The third kappa shape index (κ3) is 4.23. The molecule has 2 atom stereocenters. The average Bonchev–Trinajstić information content (AvgIpc) is 3.04. The Morgan fingerprint density at radius 3 is 2.68 bits per heavy atom. The van der Waals surface area contributed by atoms with Crippen LogP contribution in [0.4, 0.5) is 4.39 Å². The zero-order chi connectivity index (χ0) is 18.0. The third-order valence-electron chi connectivity index (χ3n) is 4.91. The Labute approximate surface area is 147 Å². The first-order valence-electron chi connectivity index (χ1n) is 8.58. The lowest BCUT2D eigenvalue weighted by Gasteiger charge is -2.25. The minimum Gasteiger partial charge on any atom is -0.390 e. The Balaban J connectivity index is 1.64. The van der Waals surface area contributed by atoms with Crippen LogP contribution >= 0.6 is 0 Å². The highest BCUT2D eigenvalue weighted by molar-refractivity contribution is 5.94. The first-order chi connectivity index (χ1) is 11.8. The number of carbonyl (C=O) groups is 1. The SMILES string of the molecule is CC(C)(O)[C@@H]1CC[C@H](NC(=O)c2ccc(-c3cccc(F)c3)nc2)C1. The highest BCUT2D eigenvalue weighted by Crippen LogP contribution is 2.34. The second kappa shape index (κ2) is 6.92. The van der Waals surface area contributed by atoms with Crippen molar-refractivity contribution in [2.45, 2.75) is 44.8 Å². The quantitative estimate of drug-likeness (QED) is 0.893. The number of carbonyl (C=O) groups excluding carboxylic acids is 1. The van der Waals surface area contributed by atoms with Crippen molar-refractivity contribution in [3.8, 4) is 11.3 Å². The molecular weight excluding hydrogens is 319 g/mol. The standard InChI is InChI=1S/C20H23FN2O2/c1-20(2,25)15-7-8-17(11-15)23-19(24)14-6-9-18(22-12-14)13-4-3-5-16(21)10-13/h3-6,9-10,12,15,17,25H,7-8,11H2,1-2H3,(H,23,24)/t15-,17+/m1/s1. The Morgan fingerprint density at radius 1 is 1.28 bits per heavy atom. The van der Waals surface area contributed by atoms with E-state index in [-0.39, 0.29) is 23.7 Å². The molecule has 25 heavy (non-hydrogen) atoms. The minimum atomic E-state index is -0.715. The van der Waals surface area contributed by atoms with E-state index in [4.69, 9.17) is 0 Å². The molecule has 0 saturated heterocycles. The molecule has 2 N–H and O–H groups in total. The summed E-state index contributed by atoms with van der Waals surface area (Å²) in [4.78, 5) is 16.7. The fourth-order valence-electron chi connectivity index (χ4n) is 3.37. The van der Waals surface area contributed by atoms with Crippen molar-refractivity contribution in [3.05, 3.63) is 54.0 Å². The van der Waals surface area contributed by atoms with E-state index in [2.05, 4.69) is 10.3 Å². The van der Waals surface area contributed by atoms with Crippen LogP contribution < -0.4 is 5.32 Å². The Bertz CT molecular complexity index is 753. The topological polar surface area (TPSA) is 62.2 Å². The number of pyridine rings is 1. The predicted molar refractivity (Wildman–Crippen MR) is 94.5 cm³/mol. The van der Waals surface area contributed by atoms with Crippen molar-refractivity contribution < 1.29 is 14.3 Å². The molecule has 1 aromatic heterocycles. The van der Waals surface area contributed by atoms with Crippen LogP contribution in [0.3, 0.4) is 0 Å². The van der Waals surface area contributed by atoms with E-state index in [9.17, 15) is 14.3 Å². The van der Waals surface area contributed by atoms with E-state index in [1.165, 1.54) is 18.3 Å². The molecule has 1 aliphatic rings. The van der Waals surface area contributed by atoms with Crippen LogP contribution in [-0.2, 0) is 0 Å². The van der Waals surface area contributed by atoms with Gasteiger partial charge < -0.3 is 10.4 Å². The summed E-state index contributed by atoms with van der Waals surface area (Å²) in [5.41, 5.74) is 1.06. The van der Waals surface area contributed by atoms with Gasteiger partial charge in [0.15, 0.2) is 0 Å². The van der Waals surface area contributed by atoms with Gasteiger partial charge in [0, 0.05) is 17.8 Å². The van der Waals surface area contributed by atoms with E-state index in [1.54, 1.807) is 24.3 Å². The first kappa shape index (κ1) is 17.5. The first-order valence-corrected chi connectivity index (χ1v) is 8.58. The number of halogens is 1. The van der Waals surface area contributed by atoms with Gasteiger partial charge in [-0.05, 0) is 63.3 Å². The predicted octanol–water partition coefficient (Wildman–Crippen LogP) is 3.56. The molecule has 1 saturated carbocycles. The number of nitrogens with one attached hydrogen (secondary N) is 1. The zero-order valence-electron chi connectivity index (χ0n) is 14.5. The minimum absolute atomic E-state index is 0.0758. The molecule has 0 spiro atoms. The van der Waals surface area contributed by atoms with E-state index >= 15 is 0 Å². The van der Waals surface area contributed by atoms with Gasteiger partial charge in [-0.15, -0.1) is 0 Å². The van der Waals surface area contributed by atoms with E-state index in [0.29, 0.717) is 16.8 Å². The average molecular weight is 342 g/mol. The van der Waals surface area contributed by atoms with Gasteiger partial charge in [0.1, 0.15) is 5.82 Å². The molecule has 0 unspecified atom stereocenters. The number of aliphatic hydroxyl groups is 1. The number of nitrogens with zero attached hydrogens (tertiary/aromatic N) is 1. The van der Waals surface area contributed by atoms with Gasteiger partial charge in [-0.3, -0.25) is 9.78 Å². The fraction of sp³-hybridized carbons (Fsp3) is 0.400. The van der Waals surface area contributed by atoms with Gasteiger partial charge in [-0.1, -0.05) is 12.1 Å². The number of aromatic nitrogens is 1. The maximum Gasteiger partial charge on any atom is 0.253 e. The Morgan fingerprint density at radius 2 is 2.08 bits per heavy atom. The van der Waals surface area contributed by atoms with Gasteiger partial charge in [0.2, 0.25) is 0 Å². The maximum atomic E-state index is 13.3. The molecule has 2 aromatic rings. The van der Waals surface area contributed by atoms with Crippen molar-refractivity contribution in [1.29, 1.82) is 0 Å². The molecule has 3 rings (SSSR count). The van der Waals surface area contributed by atoms with Gasteiger partial charge in [-0.2, -0.15) is 0 Å². The Hall–Kier alpha value is -2.27. The summed E-state index contributed by atoms with van der Waals surface area (Å²) in [7, 11) is 0. The van der Waals surface area contributed by atoms with Crippen LogP contribution in [0.15, 0.2) is 42.6 Å². The second-order valence-electron chi connectivity index (χ2n) is 7.28. The molecular formula is C20H23FN2O2. The molecule has 0 aliphatic heterocycles. The summed E-state index contributed by atoms with van der Waals surface area (Å²) >= 11 is 0. The number of amides is 1. The van der Waals surface area contributed by atoms with Crippen LogP contribution in [-0.4, -0.2) is 27.6 Å². The third-order valence-corrected chi connectivity index (χ3v) is 4.91. The fourth-order valence-corrected chi connectivity index (χ4v) is 3.37. The largest absolute Gasteiger partial charge is 0.390 e. The highest BCUT2D eigenvalue weighted by atomic mass is 19.1. The Kier molecular flexibility index (Phi) is 4.86. The van der Waals surface area contributed by atoms with Crippen LogP contribution in [0.25, 0.3) is 11.3 Å². The molecule has 0 radical (unpaired) electrons. The molecule has 1 heterocycles. The summed E-state index contributed by atoms with van der Waals surface area (Å²) in [5, 5.41) is 13.1. The normalized spacial score (nSPS) is 20.5. The summed E-state index contributed by atoms with van der Waals surface area (Å²) in [5.74, 6) is -0.283. The molecule has 1 aromatic carbocycles. The van der Waals surface area contributed by atoms with Crippen molar-refractivity contribution in [2.24, 2.45) is 5.92 Å². The maximum absolute atomic E-state index is 13.3. The van der Waals surface area contributed by atoms with Crippen molar-refractivity contribution in [3.63, 3.8) is 0 Å². The summed E-state index contributed by atoms with van der Waals surface area (Å²) in [6.07, 6.45) is 4.07. The van der Waals surface area contributed by atoms with Crippen LogP contribution in [0, 0.1) is 11.7 Å². The smallest absolute Gasteiger partial charge is 0.253 e. The van der Waals surface area contributed by atoms with E-state index in [1.807, 2.05) is 13.8 Å². The number of hydrogen-bond acceptors (Lipinski definition) is 3. The molecule has 1 fully saturated rings. The molecule has 4 nitrogen and oxygen atoms in total. The number of hydrogen-bond donors (Lipinski definition) is 2. The lowest BCUT2D eigenvalue weighted by atomic mass is 9.89. The van der Waals surface area contributed by atoms with Crippen molar-refractivity contribution in [2.75, 3.05) is 0 Å². The van der Waals surface area contributed by atoms with Gasteiger partial charge in [-0.25, -0.2) is 4.39 Å². The molecule has 1 amide bonds. The summed E-state index contributed by atoms with van der Waals surface area (Å²) in [6.45, 7) is 3.63. The molecule has 1 aliphatic carbocycles. The summed E-state index contributed by atoms with van der Waals surface area (Å²) < 4.78 is 13.3.